The first-order chi connectivity index (χ1) is 8.97. The molecule has 2 aromatic heterocycles. The number of pyridine rings is 1. The van der Waals surface area contributed by atoms with E-state index < -0.39 is 22.3 Å². The van der Waals surface area contributed by atoms with E-state index in [1.165, 1.54) is 4.68 Å². The van der Waals surface area contributed by atoms with Crippen LogP contribution in [0.1, 0.15) is 16.2 Å². The van der Waals surface area contributed by atoms with Gasteiger partial charge in [0.15, 0.2) is 0 Å². The number of aromatic carboxylic acids is 1. The fourth-order valence-electron chi connectivity index (χ4n) is 1.44. The van der Waals surface area contributed by atoms with Gasteiger partial charge < -0.3 is 5.11 Å². The van der Waals surface area contributed by atoms with Crippen molar-refractivity contribution in [1.29, 1.82) is 0 Å². The van der Waals surface area contributed by atoms with Gasteiger partial charge in [-0.1, -0.05) is 0 Å². The summed E-state index contributed by atoms with van der Waals surface area (Å²) in [5.41, 5.74) is -0.510. The second kappa shape index (κ2) is 5.14. The monoisotopic (exact) mass is 326 g/mol. The molecule has 2 rings (SSSR count). The Labute approximate surface area is 115 Å². The zero-order valence-electron chi connectivity index (χ0n) is 9.36. The Morgan fingerprint density at radius 1 is 1.53 bits per heavy atom. The van der Waals surface area contributed by atoms with Crippen LogP contribution in [-0.4, -0.2) is 30.8 Å². The smallest absolute Gasteiger partial charge is 0.363 e. The van der Waals surface area contributed by atoms with Gasteiger partial charge in [0.2, 0.25) is 5.69 Å². The Balaban J connectivity index is 2.31. The molecule has 0 atom stereocenters. The van der Waals surface area contributed by atoms with Crippen LogP contribution in [-0.2, 0) is 6.54 Å². The van der Waals surface area contributed by atoms with Crippen molar-refractivity contribution < 1.29 is 14.8 Å². The number of halogens is 1. The normalized spacial score (nSPS) is 10.4. The first-order valence-electron chi connectivity index (χ1n) is 5.03. The van der Waals surface area contributed by atoms with Crippen LogP contribution in [0.25, 0.3) is 0 Å². The van der Waals surface area contributed by atoms with Gasteiger partial charge in [0.25, 0.3) is 0 Å². The summed E-state index contributed by atoms with van der Waals surface area (Å²) < 4.78 is 1.98. The van der Waals surface area contributed by atoms with Crippen molar-refractivity contribution in [2.75, 3.05) is 0 Å². The quantitative estimate of drug-likeness (QED) is 0.676. The molecule has 0 spiro atoms. The van der Waals surface area contributed by atoms with Gasteiger partial charge in [-0.3, -0.25) is 19.8 Å². The average Bonchev–Trinajstić information content (AvgIpc) is 2.76. The number of carboxylic acids is 1. The Kier molecular flexibility index (Phi) is 3.56. The molecular formula is C10H7BrN4O4. The highest BCUT2D eigenvalue weighted by Crippen LogP contribution is 2.17. The van der Waals surface area contributed by atoms with E-state index in [0.717, 1.165) is 10.7 Å². The SMILES string of the molecule is O=C(O)c1nn(Cc2ccc(Br)cn2)cc1[N+](=O)[O-]. The summed E-state index contributed by atoms with van der Waals surface area (Å²) in [5, 5.41) is 23.2. The molecule has 0 fully saturated rings. The predicted molar refractivity (Wildman–Crippen MR) is 66.9 cm³/mol. The Bertz CT molecular complexity index is 606. The van der Waals surface area contributed by atoms with Crippen LogP contribution in [0.2, 0.25) is 0 Å². The summed E-state index contributed by atoms with van der Waals surface area (Å²) in [5.74, 6) is -1.44. The lowest BCUT2D eigenvalue weighted by Gasteiger charge is -1.99. The molecule has 1 N–H and O–H groups in total. The number of nitro groups is 1. The van der Waals surface area contributed by atoms with Crippen LogP contribution in [0.15, 0.2) is 29.0 Å². The maximum atomic E-state index is 10.8. The molecule has 2 aromatic rings. The van der Waals surface area contributed by atoms with Gasteiger partial charge in [-0.25, -0.2) is 4.79 Å². The van der Waals surface area contributed by atoms with Crippen molar-refractivity contribution in [2.24, 2.45) is 0 Å². The molecule has 0 unspecified atom stereocenters. The van der Waals surface area contributed by atoms with Crippen molar-refractivity contribution in [3.8, 4) is 0 Å². The summed E-state index contributed by atoms with van der Waals surface area (Å²) in [6.07, 6.45) is 2.65. The molecule has 0 aliphatic heterocycles. The average molecular weight is 327 g/mol. The highest BCUT2D eigenvalue weighted by atomic mass is 79.9. The Morgan fingerprint density at radius 3 is 2.74 bits per heavy atom. The van der Waals surface area contributed by atoms with E-state index in [-0.39, 0.29) is 6.54 Å². The maximum absolute atomic E-state index is 10.8. The Hall–Kier alpha value is -2.29. The van der Waals surface area contributed by atoms with Gasteiger partial charge in [-0.05, 0) is 28.1 Å². The van der Waals surface area contributed by atoms with Crippen molar-refractivity contribution in [3.63, 3.8) is 0 Å². The zero-order chi connectivity index (χ0) is 14.0. The van der Waals surface area contributed by atoms with Crippen molar-refractivity contribution in [1.82, 2.24) is 14.8 Å². The van der Waals surface area contributed by atoms with E-state index in [1.54, 1.807) is 18.3 Å². The summed E-state index contributed by atoms with van der Waals surface area (Å²) in [6.45, 7) is 0.154. The third-order valence-electron chi connectivity index (χ3n) is 2.25. The number of nitrogens with zero attached hydrogens (tertiary/aromatic N) is 4. The maximum Gasteiger partial charge on any atom is 0.363 e. The molecule has 0 aliphatic carbocycles. The summed E-state index contributed by atoms with van der Waals surface area (Å²) in [7, 11) is 0. The number of carboxylic acid groups (broad SMARTS) is 1. The van der Waals surface area contributed by atoms with Crippen LogP contribution in [0.3, 0.4) is 0 Å². The Morgan fingerprint density at radius 2 is 2.26 bits per heavy atom. The van der Waals surface area contributed by atoms with Gasteiger partial charge in [0, 0.05) is 10.7 Å². The molecule has 0 radical (unpaired) electrons. The lowest BCUT2D eigenvalue weighted by molar-refractivity contribution is -0.385. The highest BCUT2D eigenvalue weighted by Gasteiger charge is 2.25. The standard InChI is InChI=1S/C10H7BrN4O4/c11-6-1-2-7(12-3-6)4-14-5-8(15(18)19)9(13-14)10(16)17/h1-3,5H,4H2,(H,16,17). The summed E-state index contributed by atoms with van der Waals surface area (Å²) in [4.78, 5) is 24.8. The molecule has 0 saturated heterocycles. The van der Waals surface area contributed by atoms with Gasteiger partial charge >= 0.3 is 11.7 Å². The molecule has 0 aliphatic rings. The zero-order valence-corrected chi connectivity index (χ0v) is 10.9. The lowest BCUT2D eigenvalue weighted by atomic mass is 10.3. The van der Waals surface area contributed by atoms with Crippen LogP contribution < -0.4 is 0 Å². The van der Waals surface area contributed by atoms with E-state index in [2.05, 4.69) is 26.0 Å². The molecule has 8 nitrogen and oxygen atoms in total. The molecule has 0 saturated carbocycles. The molecule has 2 heterocycles. The lowest BCUT2D eigenvalue weighted by Crippen LogP contribution is -2.05. The topological polar surface area (TPSA) is 111 Å². The molecule has 98 valence electrons. The van der Waals surface area contributed by atoms with Gasteiger partial charge in [-0.15, -0.1) is 0 Å². The number of carbonyl (C=O) groups is 1. The van der Waals surface area contributed by atoms with Crippen LogP contribution in [0.5, 0.6) is 0 Å². The van der Waals surface area contributed by atoms with Gasteiger partial charge in [0.05, 0.1) is 17.2 Å². The summed E-state index contributed by atoms with van der Waals surface area (Å²) >= 11 is 3.23. The van der Waals surface area contributed by atoms with Crippen molar-refractivity contribution >= 4 is 27.6 Å². The van der Waals surface area contributed by atoms with Gasteiger partial charge in [0.1, 0.15) is 6.20 Å². The van der Waals surface area contributed by atoms with Crippen LogP contribution >= 0.6 is 15.9 Å². The van der Waals surface area contributed by atoms with Gasteiger partial charge in [-0.2, -0.15) is 5.10 Å². The second-order valence-corrected chi connectivity index (χ2v) is 4.51. The van der Waals surface area contributed by atoms with Crippen molar-refractivity contribution in [3.05, 3.63) is 50.5 Å². The number of rotatable bonds is 4. The fraction of sp³-hybridized carbons (Fsp3) is 0.100. The summed E-state index contributed by atoms with van der Waals surface area (Å²) in [6, 6.07) is 3.47. The fourth-order valence-corrected chi connectivity index (χ4v) is 1.68. The van der Waals surface area contributed by atoms with E-state index in [1.807, 2.05) is 0 Å². The van der Waals surface area contributed by atoms with Crippen LogP contribution in [0, 0.1) is 10.1 Å². The molecule has 9 heteroatoms. The minimum absolute atomic E-state index is 0.154. The van der Waals surface area contributed by atoms with E-state index in [0.29, 0.717) is 5.69 Å². The minimum atomic E-state index is -1.44. The third kappa shape index (κ3) is 2.94. The highest BCUT2D eigenvalue weighted by molar-refractivity contribution is 9.10. The van der Waals surface area contributed by atoms with Crippen molar-refractivity contribution in [2.45, 2.75) is 6.54 Å². The molecule has 0 aromatic carbocycles. The van der Waals surface area contributed by atoms with E-state index in [9.17, 15) is 14.9 Å². The van der Waals surface area contributed by atoms with E-state index in [4.69, 9.17) is 5.11 Å². The number of hydrogen-bond acceptors (Lipinski definition) is 5. The minimum Gasteiger partial charge on any atom is -0.476 e. The molecule has 0 amide bonds. The first-order valence-corrected chi connectivity index (χ1v) is 5.82. The third-order valence-corrected chi connectivity index (χ3v) is 2.72. The molecule has 19 heavy (non-hydrogen) atoms. The first kappa shape index (κ1) is 13.1. The predicted octanol–water partition coefficient (Wildman–Crippen LogP) is 1.70. The molecule has 0 bridgehead atoms. The molecular weight excluding hydrogens is 320 g/mol. The number of aromatic nitrogens is 3. The van der Waals surface area contributed by atoms with E-state index >= 15 is 0 Å². The largest absolute Gasteiger partial charge is 0.476 e. The second-order valence-electron chi connectivity index (χ2n) is 3.59. The number of hydrogen-bond donors (Lipinski definition) is 1. The van der Waals surface area contributed by atoms with Crippen LogP contribution in [0.4, 0.5) is 5.69 Å².